The lowest BCUT2D eigenvalue weighted by atomic mass is 9.62. The van der Waals surface area contributed by atoms with Crippen molar-refractivity contribution in [2.24, 2.45) is 17.8 Å². The maximum atomic E-state index is 13.5. The highest BCUT2D eigenvalue weighted by Gasteiger charge is 2.49. The van der Waals surface area contributed by atoms with Crippen LogP contribution in [0.3, 0.4) is 0 Å². The predicted molar refractivity (Wildman–Crippen MR) is 178 cm³/mol. The van der Waals surface area contributed by atoms with Crippen LogP contribution in [0.5, 0.6) is 5.75 Å². The van der Waals surface area contributed by atoms with Gasteiger partial charge >= 0.3 is 0 Å². The summed E-state index contributed by atoms with van der Waals surface area (Å²) in [6, 6.07) is 12.8. The summed E-state index contributed by atoms with van der Waals surface area (Å²) >= 11 is 6.34. The summed E-state index contributed by atoms with van der Waals surface area (Å²) < 4.78 is 35.5. The number of aromatic nitrogens is 2. The Morgan fingerprint density at radius 3 is 2.59 bits per heavy atom. The van der Waals surface area contributed by atoms with Crippen LogP contribution in [0.25, 0.3) is 0 Å². The molecule has 2 unspecified atom stereocenters. The number of sulfonamides is 1. The number of halogens is 1. The van der Waals surface area contributed by atoms with Crippen LogP contribution in [0.1, 0.15) is 86.1 Å². The maximum absolute atomic E-state index is 13.5. The highest BCUT2D eigenvalue weighted by Crippen LogP contribution is 2.49. The molecular weight excluding hydrogens is 624 g/mol. The van der Waals surface area contributed by atoms with E-state index < -0.39 is 26.8 Å². The van der Waals surface area contributed by atoms with Crippen molar-refractivity contribution >= 4 is 33.2 Å². The Bertz CT molecular complexity index is 1670. The molecule has 246 valence electrons. The number of hydrogen-bond donors (Lipinski definition) is 2. The van der Waals surface area contributed by atoms with E-state index in [4.69, 9.17) is 16.3 Å². The summed E-state index contributed by atoms with van der Waals surface area (Å²) in [5, 5.41) is 12.3. The Balaban J connectivity index is 1.42. The van der Waals surface area contributed by atoms with Crippen molar-refractivity contribution in [3.05, 3.63) is 82.4 Å². The van der Waals surface area contributed by atoms with E-state index in [1.54, 1.807) is 43.6 Å². The van der Waals surface area contributed by atoms with Crippen molar-refractivity contribution in [2.45, 2.75) is 82.7 Å². The van der Waals surface area contributed by atoms with E-state index in [0.29, 0.717) is 55.6 Å². The van der Waals surface area contributed by atoms with E-state index in [-0.39, 0.29) is 23.3 Å². The molecule has 5 atom stereocenters. The molecule has 2 aliphatic heterocycles. The molecule has 11 heteroatoms. The molecule has 3 aliphatic rings. The van der Waals surface area contributed by atoms with Crippen LogP contribution in [0.15, 0.2) is 54.9 Å². The molecule has 2 bridgehead atoms. The zero-order valence-electron chi connectivity index (χ0n) is 26.5. The number of benzene rings is 2. The number of rotatable bonds is 1. The highest BCUT2D eigenvalue weighted by atomic mass is 35.5. The van der Waals surface area contributed by atoms with Gasteiger partial charge in [-0.1, -0.05) is 24.6 Å². The van der Waals surface area contributed by atoms with Gasteiger partial charge in [0.05, 0.1) is 10.9 Å². The average molecular weight is 667 g/mol. The van der Waals surface area contributed by atoms with Crippen LogP contribution >= 0.6 is 11.6 Å². The summed E-state index contributed by atoms with van der Waals surface area (Å²) in [5.74, 6) is 0.226. The number of nitrogens with zero attached hydrogens (tertiary/aromatic N) is 3. The molecule has 1 saturated carbocycles. The Morgan fingerprint density at radius 2 is 1.83 bits per heavy atom. The van der Waals surface area contributed by atoms with Gasteiger partial charge < -0.3 is 14.7 Å². The minimum Gasteiger partial charge on any atom is -0.487 e. The van der Waals surface area contributed by atoms with Crippen LogP contribution in [0, 0.1) is 17.8 Å². The second kappa shape index (κ2) is 13.5. The fourth-order valence-corrected chi connectivity index (χ4v) is 8.78. The minimum atomic E-state index is -3.97. The molecule has 0 spiro atoms. The lowest BCUT2D eigenvalue weighted by molar-refractivity contribution is -0.101. The molecule has 3 aromatic rings. The van der Waals surface area contributed by atoms with Crippen molar-refractivity contribution in [1.29, 1.82) is 0 Å². The number of aryl methyl sites for hydroxylation is 1. The predicted octanol–water partition coefficient (Wildman–Crippen LogP) is 6.03. The van der Waals surface area contributed by atoms with E-state index in [1.807, 2.05) is 25.1 Å². The molecule has 1 aromatic heterocycles. The van der Waals surface area contributed by atoms with E-state index in [9.17, 15) is 18.3 Å². The number of ether oxygens (including phenoxy) is 1. The molecule has 6 rings (SSSR count). The number of aliphatic hydroxyl groups is 1. The lowest BCUT2D eigenvalue weighted by Gasteiger charge is -2.48. The number of carbonyl (C=O) groups excluding carboxylic acids is 1. The number of fused-ring (bicyclic) bond motifs is 3. The molecule has 1 aliphatic carbocycles. The van der Waals surface area contributed by atoms with Gasteiger partial charge in [0, 0.05) is 36.1 Å². The van der Waals surface area contributed by atoms with Crippen LogP contribution < -0.4 is 14.4 Å². The van der Waals surface area contributed by atoms with Crippen LogP contribution in [-0.2, 0) is 28.7 Å². The number of anilines is 1. The number of amides is 1. The van der Waals surface area contributed by atoms with Crippen molar-refractivity contribution in [1.82, 2.24) is 14.7 Å². The number of carbonyl (C=O) groups is 1. The smallest absolute Gasteiger partial charge is 0.264 e. The molecule has 1 amide bonds. The Labute approximate surface area is 276 Å². The first-order valence-corrected chi connectivity index (χ1v) is 18.3. The topological polar surface area (TPSA) is 122 Å². The molecule has 0 saturated heterocycles. The van der Waals surface area contributed by atoms with Crippen molar-refractivity contribution in [2.75, 3.05) is 18.0 Å². The lowest BCUT2D eigenvalue weighted by Crippen LogP contribution is -2.50. The highest BCUT2D eigenvalue weighted by molar-refractivity contribution is 7.90. The summed E-state index contributed by atoms with van der Waals surface area (Å²) in [6.45, 7) is 5.19. The van der Waals surface area contributed by atoms with E-state index in [1.165, 1.54) is 0 Å². The first kappa shape index (κ1) is 32.7. The van der Waals surface area contributed by atoms with Crippen LogP contribution in [0.2, 0.25) is 5.02 Å². The molecule has 46 heavy (non-hydrogen) atoms. The first-order valence-electron chi connectivity index (χ1n) is 16.4. The maximum Gasteiger partial charge on any atom is 0.264 e. The van der Waals surface area contributed by atoms with Gasteiger partial charge in [0.15, 0.2) is 5.82 Å². The first-order chi connectivity index (χ1) is 22.0. The summed E-state index contributed by atoms with van der Waals surface area (Å²) in [7, 11) is -3.97. The third-order valence-electron chi connectivity index (χ3n) is 10.4. The quantitative estimate of drug-likeness (QED) is 0.323. The standard InChI is InChI=1S/C35H43ClN4O5S/c1-23-7-5-15-35(42,34-37-16-6-17-38-34)30-13-10-27(30)21-40-18-4-3-8-25-19-29(36)12-9-28(25)22-45-32-14-11-26(20-31(32)40)33(41)39-46(43,44)24(23)2/h6,9,11-12,14,16-17,19-20,23-24,27,30,42H,3-5,7-8,10,13,15,18,21-22H2,1-2H3,(H,39,41)/t23-,24?,27-,30?,35+/m0/s1. The second-order valence-electron chi connectivity index (χ2n) is 13.3. The second-order valence-corrected chi connectivity index (χ2v) is 15.8. The van der Waals surface area contributed by atoms with Crippen LogP contribution in [-0.4, -0.2) is 47.7 Å². The van der Waals surface area contributed by atoms with Crippen molar-refractivity contribution in [3.63, 3.8) is 0 Å². The molecule has 1 fully saturated rings. The minimum absolute atomic E-state index is 0.0697. The third kappa shape index (κ3) is 6.75. The van der Waals surface area contributed by atoms with Gasteiger partial charge in [-0.05, 0) is 124 Å². The van der Waals surface area contributed by atoms with Gasteiger partial charge in [-0.2, -0.15) is 0 Å². The van der Waals surface area contributed by atoms with Gasteiger partial charge in [0.25, 0.3) is 5.91 Å². The largest absolute Gasteiger partial charge is 0.487 e. The van der Waals surface area contributed by atoms with E-state index in [2.05, 4.69) is 19.6 Å². The molecule has 2 N–H and O–H groups in total. The fourth-order valence-electron chi connectivity index (χ4n) is 7.28. The zero-order valence-corrected chi connectivity index (χ0v) is 28.1. The van der Waals surface area contributed by atoms with E-state index in [0.717, 1.165) is 48.9 Å². The summed E-state index contributed by atoms with van der Waals surface area (Å²) in [6.07, 6.45) is 9.39. The number of hydrogen-bond acceptors (Lipinski definition) is 8. The monoisotopic (exact) mass is 666 g/mol. The van der Waals surface area contributed by atoms with Gasteiger partial charge in [0.2, 0.25) is 10.0 Å². The molecule has 3 heterocycles. The zero-order chi connectivity index (χ0) is 32.5. The summed E-state index contributed by atoms with van der Waals surface area (Å²) in [5.41, 5.74) is 1.96. The fraction of sp³-hybridized carbons (Fsp3) is 0.514. The van der Waals surface area contributed by atoms with Gasteiger partial charge in [-0.3, -0.25) is 4.79 Å². The average Bonchev–Trinajstić information content (AvgIpc) is 3.05. The molecule has 0 radical (unpaired) electrons. The van der Waals surface area contributed by atoms with Crippen molar-refractivity contribution in [3.8, 4) is 5.75 Å². The van der Waals surface area contributed by atoms with Crippen molar-refractivity contribution < 1.29 is 23.1 Å². The Kier molecular flexibility index (Phi) is 9.60. The molecule has 9 nitrogen and oxygen atoms in total. The SMILES string of the molecule is CC1[C@@H](C)CCC[C@](O)(c2ncccn2)C2CC[C@H]2CN2CCCCc3cc(Cl)ccc3COc3ccc(cc32)C(=O)NS1(=O)=O. The van der Waals surface area contributed by atoms with Gasteiger partial charge in [-0.25, -0.2) is 23.1 Å². The number of nitrogens with one attached hydrogen (secondary N) is 1. The summed E-state index contributed by atoms with van der Waals surface area (Å²) in [4.78, 5) is 24.7. The van der Waals surface area contributed by atoms with Gasteiger partial charge in [0.1, 0.15) is 18.0 Å². The Hall–Kier alpha value is -3.21. The van der Waals surface area contributed by atoms with Crippen LogP contribution in [0.4, 0.5) is 5.69 Å². The Morgan fingerprint density at radius 1 is 1.02 bits per heavy atom. The van der Waals surface area contributed by atoms with Gasteiger partial charge in [-0.15, -0.1) is 0 Å². The molecular formula is C35H43ClN4O5S. The molecule has 2 aromatic carbocycles. The third-order valence-corrected chi connectivity index (χ3v) is 12.6. The van der Waals surface area contributed by atoms with E-state index >= 15 is 0 Å². The normalized spacial score (nSPS) is 28.7.